The van der Waals surface area contributed by atoms with E-state index in [1.807, 2.05) is 32.0 Å². The molecule has 0 aliphatic carbocycles. The fourth-order valence-corrected chi connectivity index (χ4v) is 2.89. The zero-order chi connectivity index (χ0) is 19.2. The van der Waals surface area contributed by atoms with Crippen molar-refractivity contribution < 1.29 is 9.59 Å². The van der Waals surface area contributed by atoms with E-state index in [-0.39, 0.29) is 17.9 Å². The molecule has 2 aromatic heterocycles. The summed E-state index contributed by atoms with van der Waals surface area (Å²) >= 11 is 0. The summed E-state index contributed by atoms with van der Waals surface area (Å²) in [6.45, 7) is 4.26. The number of hydrogen-bond acceptors (Lipinski definition) is 4. The Morgan fingerprint density at radius 2 is 1.78 bits per heavy atom. The molecule has 0 bridgehead atoms. The zero-order valence-electron chi connectivity index (χ0n) is 15.4. The molecule has 2 amide bonds. The molecule has 0 saturated heterocycles. The number of aromatic nitrogens is 2. The maximum absolute atomic E-state index is 12.6. The summed E-state index contributed by atoms with van der Waals surface area (Å²) in [6.07, 6.45) is 7.27. The van der Waals surface area contributed by atoms with Crippen molar-refractivity contribution in [2.75, 3.05) is 6.54 Å². The Hall–Kier alpha value is -3.28. The van der Waals surface area contributed by atoms with Crippen LogP contribution in [0.15, 0.2) is 55.1 Å². The largest absolute Gasteiger partial charge is 0.352 e. The van der Waals surface area contributed by atoms with Crippen molar-refractivity contribution in [3.63, 3.8) is 0 Å². The van der Waals surface area contributed by atoms with Crippen LogP contribution in [0.25, 0.3) is 10.8 Å². The predicted octanol–water partition coefficient (Wildman–Crippen LogP) is 2.88. The highest BCUT2D eigenvalue weighted by Crippen LogP contribution is 2.17. The molecular formula is C21H22N4O2. The number of aryl methyl sites for hydroxylation is 1. The summed E-state index contributed by atoms with van der Waals surface area (Å²) in [7, 11) is 0. The molecule has 1 unspecified atom stereocenters. The maximum atomic E-state index is 12.6. The number of fused-ring (bicyclic) bond motifs is 1. The first-order valence-corrected chi connectivity index (χ1v) is 8.88. The van der Waals surface area contributed by atoms with Gasteiger partial charge in [-0.1, -0.05) is 12.1 Å². The van der Waals surface area contributed by atoms with E-state index in [1.54, 1.807) is 36.9 Å². The molecule has 0 fully saturated rings. The van der Waals surface area contributed by atoms with Crippen molar-refractivity contribution in [2.45, 2.75) is 26.3 Å². The Balaban J connectivity index is 1.55. The Morgan fingerprint density at radius 1 is 1.00 bits per heavy atom. The highest BCUT2D eigenvalue weighted by atomic mass is 16.2. The van der Waals surface area contributed by atoms with Gasteiger partial charge in [0.2, 0.25) is 0 Å². The highest BCUT2D eigenvalue weighted by molar-refractivity contribution is 6.06. The van der Waals surface area contributed by atoms with Crippen molar-refractivity contribution in [2.24, 2.45) is 0 Å². The van der Waals surface area contributed by atoms with Gasteiger partial charge in [-0.3, -0.25) is 19.6 Å². The van der Waals surface area contributed by atoms with Crippen LogP contribution in [0.3, 0.4) is 0 Å². The smallest absolute Gasteiger partial charge is 0.253 e. The van der Waals surface area contributed by atoms with Gasteiger partial charge >= 0.3 is 0 Å². The lowest BCUT2D eigenvalue weighted by Gasteiger charge is -2.15. The molecule has 0 radical (unpaired) electrons. The van der Waals surface area contributed by atoms with Crippen LogP contribution < -0.4 is 10.6 Å². The molecule has 2 heterocycles. The van der Waals surface area contributed by atoms with E-state index in [1.165, 1.54) is 0 Å². The maximum Gasteiger partial charge on any atom is 0.253 e. The van der Waals surface area contributed by atoms with E-state index in [0.29, 0.717) is 24.1 Å². The molecule has 0 spiro atoms. The lowest BCUT2D eigenvalue weighted by atomic mass is 10.1. The zero-order valence-corrected chi connectivity index (χ0v) is 15.4. The molecule has 3 rings (SSSR count). The van der Waals surface area contributed by atoms with Crippen LogP contribution in [0, 0.1) is 6.92 Å². The van der Waals surface area contributed by atoms with Gasteiger partial charge in [-0.2, -0.15) is 0 Å². The van der Waals surface area contributed by atoms with Crippen LogP contribution in [0.4, 0.5) is 0 Å². The highest BCUT2D eigenvalue weighted by Gasteiger charge is 2.13. The van der Waals surface area contributed by atoms with E-state index >= 15 is 0 Å². The molecule has 0 aliphatic heterocycles. The molecule has 1 aromatic carbocycles. The third-order valence-corrected chi connectivity index (χ3v) is 4.45. The van der Waals surface area contributed by atoms with Crippen LogP contribution in [0.5, 0.6) is 0 Å². The summed E-state index contributed by atoms with van der Waals surface area (Å²) in [5.41, 5.74) is 2.07. The number of nitrogens with zero attached hydrogens (tertiary/aromatic N) is 2. The van der Waals surface area contributed by atoms with Crippen molar-refractivity contribution in [1.29, 1.82) is 0 Å². The standard InChI is InChI=1S/C21H22N4O2/c1-14-6-9-23-13-19(14)20(26)24-11-7-15(2)25-21(27)18-5-3-4-16-12-22-10-8-17(16)18/h3-6,8-10,12-13,15H,7,11H2,1-2H3,(H,24,26)(H,25,27). The average Bonchev–Trinajstić information content (AvgIpc) is 2.67. The minimum Gasteiger partial charge on any atom is -0.352 e. The Morgan fingerprint density at radius 3 is 2.59 bits per heavy atom. The van der Waals surface area contributed by atoms with Crippen LogP contribution in [0.2, 0.25) is 0 Å². The first-order chi connectivity index (χ1) is 13.1. The van der Waals surface area contributed by atoms with Gasteiger partial charge in [0.1, 0.15) is 0 Å². The van der Waals surface area contributed by atoms with Gasteiger partial charge in [0.25, 0.3) is 11.8 Å². The summed E-state index contributed by atoms with van der Waals surface area (Å²) in [5, 5.41) is 7.67. The lowest BCUT2D eigenvalue weighted by Crippen LogP contribution is -2.36. The second-order valence-electron chi connectivity index (χ2n) is 6.51. The quantitative estimate of drug-likeness (QED) is 0.706. The normalized spacial score (nSPS) is 11.8. The minimum atomic E-state index is -0.152. The number of hydrogen-bond donors (Lipinski definition) is 2. The fourth-order valence-electron chi connectivity index (χ4n) is 2.89. The summed E-state index contributed by atoms with van der Waals surface area (Å²) < 4.78 is 0. The van der Waals surface area contributed by atoms with Gasteiger partial charge in [-0.05, 0) is 49.4 Å². The third-order valence-electron chi connectivity index (χ3n) is 4.45. The second-order valence-corrected chi connectivity index (χ2v) is 6.51. The van der Waals surface area contributed by atoms with Gasteiger partial charge in [-0.25, -0.2) is 0 Å². The Labute approximate surface area is 158 Å². The van der Waals surface area contributed by atoms with E-state index in [4.69, 9.17) is 0 Å². The number of pyridine rings is 2. The van der Waals surface area contributed by atoms with Gasteiger partial charge in [0.15, 0.2) is 0 Å². The van der Waals surface area contributed by atoms with Crippen molar-refractivity contribution in [1.82, 2.24) is 20.6 Å². The average molecular weight is 362 g/mol. The molecule has 6 heteroatoms. The summed E-state index contributed by atoms with van der Waals surface area (Å²) in [6, 6.07) is 9.14. The van der Waals surface area contributed by atoms with Crippen LogP contribution in [0.1, 0.15) is 39.6 Å². The molecule has 1 atom stereocenters. The fraction of sp³-hybridized carbons (Fsp3) is 0.238. The third kappa shape index (κ3) is 4.47. The van der Waals surface area contributed by atoms with E-state index in [9.17, 15) is 9.59 Å². The molecule has 6 nitrogen and oxygen atoms in total. The van der Waals surface area contributed by atoms with Crippen LogP contribution in [-0.2, 0) is 0 Å². The van der Waals surface area contributed by atoms with Gasteiger partial charge < -0.3 is 10.6 Å². The molecule has 3 aromatic rings. The summed E-state index contributed by atoms with van der Waals surface area (Å²) in [4.78, 5) is 32.9. The minimum absolute atomic E-state index is 0.0788. The summed E-state index contributed by atoms with van der Waals surface area (Å²) in [5.74, 6) is -0.283. The Bertz CT molecular complexity index is 966. The number of nitrogens with one attached hydrogen (secondary N) is 2. The number of amides is 2. The van der Waals surface area contributed by atoms with Crippen molar-refractivity contribution in [3.8, 4) is 0 Å². The van der Waals surface area contributed by atoms with E-state index < -0.39 is 0 Å². The SMILES string of the molecule is Cc1ccncc1C(=O)NCCC(C)NC(=O)c1cccc2cnccc12. The predicted molar refractivity (Wildman–Crippen MR) is 105 cm³/mol. The van der Waals surface area contributed by atoms with E-state index in [0.717, 1.165) is 16.3 Å². The Kier molecular flexibility index (Phi) is 5.76. The lowest BCUT2D eigenvalue weighted by molar-refractivity contribution is 0.0938. The number of benzene rings is 1. The van der Waals surface area contributed by atoms with Crippen molar-refractivity contribution >= 4 is 22.6 Å². The molecule has 2 N–H and O–H groups in total. The van der Waals surface area contributed by atoms with Crippen LogP contribution >= 0.6 is 0 Å². The number of rotatable bonds is 6. The van der Waals surface area contributed by atoms with Gasteiger partial charge in [-0.15, -0.1) is 0 Å². The monoisotopic (exact) mass is 362 g/mol. The molecule has 0 aliphatic rings. The molecule has 0 saturated carbocycles. The van der Waals surface area contributed by atoms with Crippen LogP contribution in [-0.4, -0.2) is 34.4 Å². The molecule has 138 valence electrons. The first kappa shape index (κ1) is 18.5. The number of carbonyl (C=O) groups excluding carboxylic acids is 2. The topological polar surface area (TPSA) is 84.0 Å². The van der Waals surface area contributed by atoms with Gasteiger partial charge in [0.05, 0.1) is 5.56 Å². The van der Waals surface area contributed by atoms with Crippen molar-refractivity contribution in [3.05, 3.63) is 71.8 Å². The first-order valence-electron chi connectivity index (χ1n) is 8.88. The van der Waals surface area contributed by atoms with Gasteiger partial charge in [0, 0.05) is 48.3 Å². The van der Waals surface area contributed by atoms with E-state index in [2.05, 4.69) is 20.6 Å². The second kappa shape index (κ2) is 8.40. The molecular weight excluding hydrogens is 340 g/mol. The molecule has 27 heavy (non-hydrogen) atoms. The number of carbonyl (C=O) groups is 2.